The maximum absolute atomic E-state index is 12.9. The first-order valence-electron chi connectivity index (χ1n) is 9.23. The lowest BCUT2D eigenvalue weighted by Gasteiger charge is -2.48. The van der Waals surface area contributed by atoms with Gasteiger partial charge in [-0.3, -0.25) is 9.78 Å². The van der Waals surface area contributed by atoms with Crippen LogP contribution in [0.5, 0.6) is 0 Å². The number of nitrogens with zero attached hydrogens (tertiary/aromatic N) is 2. The minimum absolute atomic E-state index is 0.0517. The molecule has 2 fully saturated rings. The van der Waals surface area contributed by atoms with Crippen LogP contribution in [0.2, 0.25) is 0 Å². The van der Waals surface area contributed by atoms with Crippen LogP contribution < -0.4 is 0 Å². The summed E-state index contributed by atoms with van der Waals surface area (Å²) in [6, 6.07) is 3.94. The molecule has 0 spiro atoms. The van der Waals surface area contributed by atoms with Crippen molar-refractivity contribution in [2.24, 2.45) is 5.92 Å². The first-order valence-corrected chi connectivity index (χ1v) is 9.23. The molecule has 0 saturated carbocycles. The summed E-state index contributed by atoms with van der Waals surface area (Å²) in [7, 11) is 0. The van der Waals surface area contributed by atoms with Crippen molar-refractivity contribution in [1.29, 1.82) is 0 Å². The van der Waals surface area contributed by atoms with Crippen LogP contribution in [0.3, 0.4) is 0 Å². The molecule has 2 atom stereocenters. The van der Waals surface area contributed by atoms with E-state index in [0.29, 0.717) is 18.5 Å². The van der Waals surface area contributed by atoms with Gasteiger partial charge in [-0.25, -0.2) is 4.79 Å². The van der Waals surface area contributed by atoms with Gasteiger partial charge in [-0.05, 0) is 71.4 Å². The molecule has 0 radical (unpaired) electrons. The molecule has 3 rings (SSSR count). The summed E-state index contributed by atoms with van der Waals surface area (Å²) in [5.74, 6) is 0.0601. The van der Waals surface area contributed by atoms with E-state index in [2.05, 4.69) is 4.98 Å². The van der Waals surface area contributed by atoms with Crippen molar-refractivity contribution in [2.45, 2.75) is 77.5 Å². The number of ketones is 1. The summed E-state index contributed by atoms with van der Waals surface area (Å²) in [6.07, 6.45) is 5.93. The van der Waals surface area contributed by atoms with Crippen LogP contribution in [0, 0.1) is 12.8 Å². The largest absolute Gasteiger partial charge is 0.444 e. The Hall–Kier alpha value is -1.91. The number of fused-ring (bicyclic) bond motifs is 2. The third-order valence-electron chi connectivity index (χ3n) is 5.11. The van der Waals surface area contributed by atoms with Gasteiger partial charge in [0.25, 0.3) is 0 Å². The lowest BCUT2D eigenvalue weighted by atomic mass is 9.76. The lowest BCUT2D eigenvalue weighted by Crippen LogP contribution is -2.56. The highest BCUT2D eigenvalue weighted by molar-refractivity contribution is 5.96. The summed E-state index contributed by atoms with van der Waals surface area (Å²) in [5.41, 5.74) is 1.09. The Balaban J connectivity index is 1.73. The Bertz CT molecular complexity index is 634. The van der Waals surface area contributed by atoms with E-state index < -0.39 is 5.60 Å². The topological polar surface area (TPSA) is 59.5 Å². The van der Waals surface area contributed by atoms with Gasteiger partial charge < -0.3 is 9.64 Å². The third kappa shape index (κ3) is 4.02. The maximum atomic E-state index is 12.9. The van der Waals surface area contributed by atoms with Crippen molar-refractivity contribution in [3.05, 3.63) is 29.6 Å². The van der Waals surface area contributed by atoms with Gasteiger partial charge in [-0.2, -0.15) is 0 Å². The van der Waals surface area contributed by atoms with Gasteiger partial charge in [0.15, 0.2) is 5.78 Å². The van der Waals surface area contributed by atoms with Gasteiger partial charge in [0, 0.05) is 24.2 Å². The summed E-state index contributed by atoms with van der Waals surface area (Å²) < 4.78 is 5.60. The van der Waals surface area contributed by atoms with Gasteiger partial charge >= 0.3 is 6.09 Å². The Morgan fingerprint density at radius 3 is 2.32 bits per heavy atom. The van der Waals surface area contributed by atoms with E-state index in [1.807, 2.05) is 44.7 Å². The summed E-state index contributed by atoms with van der Waals surface area (Å²) in [4.78, 5) is 31.7. The summed E-state index contributed by atoms with van der Waals surface area (Å²) in [6.45, 7) is 7.63. The van der Waals surface area contributed by atoms with Crippen molar-refractivity contribution in [2.75, 3.05) is 0 Å². The molecule has 2 bridgehead atoms. The molecule has 1 aromatic rings. The number of hydrogen-bond donors (Lipinski definition) is 0. The van der Waals surface area contributed by atoms with Gasteiger partial charge in [0.2, 0.25) is 0 Å². The molecule has 5 heteroatoms. The fourth-order valence-electron chi connectivity index (χ4n) is 4.03. The molecule has 0 aromatic carbocycles. The zero-order chi connectivity index (χ0) is 18.2. The molecule has 1 aromatic heterocycles. The minimum atomic E-state index is -0.496. The SMILES string of the molecule is Cc1ccc(C(=O)C2CC3CCCC(C2)N3C(=O)OC(C)(C)C)nc1. The Kier molecular flexibility index (Phi) is 4.85. The van der Waals surface area contributed by atoms with E-state index in [1.54, 1.807) is 6.20 Å². The zero-order valence-electron chi connectivity index (χ0n) is 15.6. The first kappa shape index (κ1) is 17.9. The molecule has 0 aliphatic carbocycles. The molecule has 25 heavy (non-hydrogen) atoms. The minimum Gasteiger partial charge on any atom is -0.444 e. The average molecular weight is 344 g/mol. The van der Waals surface area contributed by atoms with E-state index in [0.717, 1.165) is 24.8 Å². The van der Waals surface area contributed by atoms with Crippen LogP contribution in [0.15, 0.2) is 18.3 Å². The molecule has 2 unspecified atom stereocenters. The summed E-state index contributed by atoms with van der Waals surface area (Å²) >= 11 is 0. The van der Waals surface area contributed by atoms with Crippen molar-refractivity contribution >= 4 is 11.9 Å². The van der Waals surface area contributed by atoms with Crippen molar-refractivity contribution < 1.29 is 14.3 Å². The van der Waals surface area contributed by atoms with Crippen LogP contribution in [0.4, 0.5) is 4.79 Å². The molecular formula is C20H28N2O3. The van der Waals surface area contributed by atoms with Gasteiger partial charge in [0.1, 0.15) is 11.3 Å². The number of carbonyl (C=O) groups excluding carboxylic acids is 2. The van der Waals surface area contributed by atoms with Crippen LogP contribution >= 0.6 is 0 Å². The average Bonchev–Trinajstić information content (AvgIpc) is 2.52. The van der Waals surface area contributed by atoms with E-state index in [-0.39, 0.29) is 29.9 Å². The van der Waals surface area contributed by atoms with E-state index >= 15 is 0 Å². The van der Waals surface area contributed by atoms with Crippen molar-refractivity contribution in [3.8, 4) is 0 Å². The van der Waals surface area contributed by atoms with E-state index in [4.69, 9.17) is 4.74 Å². The molecule has 0 N–H and O–H groups in total. The molecule has 5 nitrogen and oxygen atoms in total. The van der Waals surface area contributed by atoms with Crippen LogP contribution in [-0.4, -0.2) is 39.4 Å². The highest BCUT2D eigenvalue weighted by atomic mass is 16.6. The number of hydrogen-bond acceptors (Lipinski definition) is 4. The highest BCUT2D eigenvalue weighted by Gasteiger charge is 2.44. The number of aromatic nitrogens is 1. The molecule has 2 aliphatic heterocycles. The number of piperidine rings is 2. The Morgan fingerprint density at radius 2 is 1.80 bits per heavy atom. The summed E-state index contributed by atoms with van der Waals surface area (Å²) in [5, 5.41) is 0. The first-order chi connectivity index (χ1) is 11.7. The lowest BCUT2D eigenvalue weighted by molar-refractivity contribution is -0.0261. The number of ether oxygens (including phenoxy) is 1. The maximum Gasteiger partial charge on any atom is 0.410 e. The number of aryl methyl sites for hydroxylation is 1. The Labute approximate surface area is 149 Å². The van der Waals surface area contributed by atoms with Crippen LogP contribution in [0.25, 0.3) is 0 Å². The second kappa shape index (κ2) is 6.77. The molecule has 3 heterocycles. The smallest absolute Gasteiger partial charge is 0.410 e. The standard InChI is InChI=1S/C20H28N2O3/c1-13-8-9-17(21-12-13)18(23)14-10-15-6-5-7-16(11-14)22(15)19(24)25-20(2,3)4/h8-9,12,14-16H,5-7,10-11H2,1-4H3. The van der Waals surface area contributed by atoms with Gasteiger partial charge in [-0.15, -0.1) is 0 Å². The number of carbonyl (C=O) groups is 2. The molecule has 1 amide bonds. The van der Waals surface area contributed by atoms with Crippen LogP contribution in [0.1, 0.15) is 68.9 Å². The monoisotopic (exact) mass is 344 g/mol. The zero-order valence-corrected chi connectivity index (χ0v) is 15.6. The van der Waals surface area contributed by atoms with Gasteiger partial charge in [-0.1, -0.05) is 6.07 Å². The van der Waals surface area contributed by atoms with Crippen LogP contribution in [-0.2, 0) is 4.74 Å². The quantitative estimate of drug-likeness (QED) is 0.757. The highest BCUT2D eigenvalue weighted by Crippen LogP contribution is 2.39. The van der Waals surface area contributed by atoms with Gasteiger partial charge in [0.05, 0.1) is 0 Å². The molecule has 2 aliphatic rings. The molecule has 136 valence electrons. The van der Waals surface area contributed by atoms with E-state index in [1.165, 1.54) is 0 Å². The third-order valence-corrected chi connectivity index (χ3v) is 5.11. The number of rotatable bonds is 2. The second-order valence-electron chi connectivity index (χ2n) is 8.38. The molecular weight excluding hydrogens is 316 g/mol. The van der Waals surface area contributed by atoms with Crippen molar-refractivity contribution in [1.82, 2.24) is 9.88 Å². The number of amides is 1. The second-order valence-corrected chi connectivity index (χ2v) is 8.38. The predicted octanol–water partition coefficient (Wildman–Crippen LogP) is 4.14. The van der Waals surface area contributed by atoms with Crippen molar-refractivity contribution in [3.63, 3.8) is 0 Å². The molecule has 2 saturated heterocycles. The fourth-order valence-corrected chi connectivity index (χ4v) is 4.03. The number of Topliss-reactive ketones (excluding diaryl/α,β-unsaturated/α-hetero) is 1. The predicted molar refractivity (Wildman–Crippen MR) is 95.5 cm³/mol. The fraction of sp³-hybridized carbons (Fsp3) is 0.650. The van der Waals surface area contributed by atoms with E-state index in [9.17, 15) is 9.59 Å². The Morgan fingerprint density at radius 1 is 1.16 bits per heavy atom. The normalized spacial score (nSPS) is 26.2. The number of pyridine rings is 1.